The number of nitrogens with two attached hydrogens (primary N) is 1. The first-order chi connectivity index (χ1) is 6.20. The van der Waals surface area contributed by atoms with Crippen molar-refractivity contribution in [2.75, 3.05) is 0 Å². The lowest BCUT2D eigenvalue weighted by Crippen LogP contribution is -2.10. The van der Waals surface area contributed by atoms with Gasteiger partial charge in [-0.25, -0.2) is 0 Å². The van der Waals surface area contributed by atoms with Gasteiger partial charge >= 0.3 is 0 Å². The van der Waals surface area contributed by atoms with E-state index in [9.17, 15) is 4.79 Å². The highest BCUT2D eigenvalue weighted by Gasteiger charge is 2.15. The van der Waals surface area contributed by atoms with Crippen LogP contribution in [0.4, 0.5) is 0 Å². The number of thiophene rings is 1. The van der Waals surface area contributed by atoms with E-state index in [-0.39, 0.29) is 0 Å². The van der Waals surface area contributed by atoms with Crippen molar-refractivity contribution < 1.29 is 4.79 Å². The van der Waals surface area contributed by atoms with Gasteiger partial charge in [0.1, 0.15) is 4.34 Å². The molecule has 1 amide bonds. The predicted molar refractivity (Wildman–Crippen MR) is 53.1 cm³/mol. The average molecular weight is 213 g/mol. The summed E-state index contributed by atoms with van der Waals surface area (Å²) in [6.07, 6.45) is 1.61. The van der Waals surface area contributed by atoms with Crippen LogP contribution in [-0.2, 0) is 0 Å². The molecule has 2 aromatic rings. The summed E-state index contributed by atoms with van der Waals surface area (Å²) in [5, 5.41) is 0. The summed E-state index contributed by atoms with van der Waals surface area (Å²) in [6.45, 7) is 0. The van der Waals surface area contributed by atoms with E-state index in [2.05, 4.69) is 4.98 Å². The van der Waals surface area contributed by atoms with E-state index >= 15 is 0 Å². The van der Waals surface area contributed by atoms with Crippen LogP contribution in [0.2, 0.25) is 4.34 Å². The molecule has 3 nitrogen and oxygen atoms in total. The first kappa shape index (κ1) is 8.47. The van der Waals surface area contributed by atoms with Crippen molar-refractivity contribution >= 4 is 39.1 Å². The molecule has 66 valence electrons. The smallest absolute Gasteiger partial charge is 0.253 e. The number of pyridine rings is 1. The van der Waals surface area contributed by atoms with Gasteiger partial charge in [0.25, 0.3) is 5.91 Å². The van der Waals surface area contributed by atoms with Gasteiger partial charge in [0.05, 0.1) is 15.8 Å². The Kier molecular flexibility index (Phi) is 1.94. The molecule has 0 atom stereocenters. The molecule has 0 aliphatic heterocycles. The fourth-order valence-electron chi connectivity index (χ4n) is 1.11. The fraction of sp³-hybridized carbons (Fsp3) is 0. The van der Waals surface area contributed by atoms with Gasteiger partial charge in [-0.15, -0.1) is 11.3 Å². The highest BCUT2D eigenvalue weighted by molar-refractivity contribution is 7.23. The van der Waals surface area contributed by atoms with Crippen LogP contribution in [-0.4, -0.2) is 10.9 Å². The Labute approximate surface area is 83.1 Å². The first-order valence-electron chi connectivity index (χ1n) is 3.53. The minimum Gasteiger partial charge on any atom is -0.365 e. The Morgan fingerprint density at radius 3 is 3.08 bits per heavy atom. The quantitative estimate of drug-likeness (QED) is 0.787. The van der Waals surface area contributed by atoms with Gasteiger partial charge < -0.3 is 5.73 Å². The molecule has 0 unspecified atom stereocenters. The molecule has 2 rings (SSSR count). The number of aromatic nitrogens is 1. The molecular weight excluding hydrogens is 208 g/mol. The molecule has 0 spiro atoms. The van der Waals surface area contributed by atoms with Gasteiger partial charge in [-0.3, -0.25) is 9.78 Å². The van der Waals surface area contributed by atoms with Gasteiger partial charge in [0.2, 0.25) is 0 Å². The molecule has 2 heterocycles. The number of rotatable bonds is 1. The molecule has 0 bridgehead atoms. The molecule has 0 aliphatic carbocycles. The Morgan fingerprint density at radius 2 is 2.38 bits per heavy atom. The average Bonchev–Trinajstić information content (AvgIpc) is 2.39. The summed E-state index contributed by atoms with van der Waals surface area (Å²) in [5.41, 5.74) is 6.08. The summed E-state index contributed by atoms with van der Waals surface area (Å²) in [7, 11) is 0. The molecule has 5 heteroatoms. The minimum absolute atomic E-state index is 0.322. The van der Waals surface area contributed by atoms with E-state index in [4.69, 9.17) is 17.3 Å². The Balaban J connectivity index is 2.86. The van der Waals surface area contributed by atoms with Gasteiger partial charge in [0, 0.05) is 6.20 Å². The lowest BCUT2D eigenvalue weighted by Gasteiger charge is -1.91. The maximum Gasteiger partial charge on any atom is 0.253 e. The Morgan fingerprint density at radius 1 is 1.62 bits per heavy atom. The summed E-state index contributed by atoms with van der Waals surface area (Å²) >= 11 is 7.15. The van der Waals surface area contributed by atoms with Gasteiger partial charge in [0.15, 0.2) is 0 Å². The van der Waals surface area contributed by atoms with Crippen LogP contribution in [0.5, 0.6) is 0 Å². The van der Waals surface area contributed by atoms with Gasteiger partial charge in [-0.1, -0.05) is 11.6 Å². The van der Waals surface area contributed by atoms with E-state index in [1.165, 1.54) is 11.3 Å². The zero-order chi connectivity index (χ0) is 9.42. The van der Waals surface area contributed by atoms with Crippen LogP contribution in [0, 0.1) is 0 Å². The van der Waals surface area contributed by atoms with Crippen molar-refractivity contribution in [2.24, 2.45) is 5.73 Å². The van der Waals surface area contributed by atoms with Crippen LogP contribution in [0.15, 0.2) is 18.3 Å². The number of amides is 1. The standard InChI is InChI=1S/C8H5ClN2OS/c9-7-5(8(10)12)6-4(13-7)2-1-3-11-6/h1-3H,(H2,10,12). The van der Waals surface area contributed by atoms with Gasteiger partial charge in [-0.2, -0.15) is 0 Å². The molecule has 2 aromatic heterocycles. The largest absolute Gasteiger partial charge is 0.365 e. The summed E-state index contributed by atoms with van der Waals surface area (Å²) in [6, 6.07) is 3.64. The number of hydrogen-bond acceptors (Lipinski definition) is 3. The number of hydrogen-bond donors (Lipinski definition) is 1. The topological polar surface area (TPSA) is 56.0 Å². The van der Waals surface area contributed by atoms with Crippen LogP contribution < -0.4 is 5.73 Å². The van der Waals surface area contributed by atoms with Crippen LogP contribution in [0.25, 0.3) is 10.2 Å². The molecule has 0 fully saturated rings. The normalized spacial score (nSPS) is 10.5. The van der Waals surface area contributed by atoms with Crippen molar-refractivity contribution in [3.8, 4) is 0 Å². The zero-order valence-corrected chi connectivity index (χ0v) is 8.02. The van der Waals surface area contributed by atoms with Crippen molar-refractivity contribution in [3.63, 3.8) is 0 Å². The fourth-order valence-corrected chi connectivity index (χ4v) is 2.44. The minimum atomic E-state index is -0.532. The Bertz CT molecular complexity index is 480. The lowest BCUT2D eigenvalue weighted by molar-refractivity contribution is 0.100. The maximum atomic E-state index is 11.0. The summed E-state index contributed by atoms with van der Waals surface area (Å²) in [5.74, 6) is -0.532. The van der Waals surface area contributed by atoms with Crippen LogP contribution in [0.1, 0.15) is 10.4 Å². The molecule has 0 aliphatic rings. The van der Waals surface area contributed by atoms with Crippen LogP contribution in [0.3, 0.4) is 0 Å². The lowest BCUT2D eigenvalue weighted by atomic mass is 10.2. The molecule has 0 saturated heterocycles. The zero-order valence-electron chi connectivity index (χ0n) is 6.45. The van der Waals surface area contributed by atoms with Crippen molar-refractivity contribution in [2.45, 2.75) is 0 Å². The highest BCUT2D eigenvalue weighted by atomic mass is 35.5. The first-order valence-corrected chi connectivity index (χ1v) is 4.72. The number of carbonyl (C=O) groups excluding carboxylic acids is 1. The third-order valence-corrected chi connectivity index (χ3v) is 3.00. The number of halogens is 1. The van der Waals surface area contributed by atoms with Crippen molar-refractivity contribution in [1.29, 1.82) is 0 Å². The molecule has 0 radical (unpaired) electrons. The molecular formula is C8H5ClN2OS. The Hall–Kier alpha value is -1.13. The van der Waals surface area contributed by atoms with Crippen molar-refractivity contribution in [1.82, 2.24) is 4.98 Å². The number of carbonyl (C=O) groups is 1. The molecule has 0 aromatic carbocycles. The second-order valence-corrected chi connectivity index (χ2v) is 4.12. The third-order valence-electron chi connectivity index (χ3n) is 1.65. The number of nitrogens with zero attached hydrogens (tertiary/aromatic N) is 1. The van der Waals surface area contributed by atoms with E-state index in [1.807, 2.05) is 6.07 Å². The second kappa shape index (κ2) is 2.97. The van der Waals surface area contributed by atoms with E-state index in [0.717, 1.165) is 4.70 Å². The summed E-state index contributed by atoms with van der Waals surface area (Å²) < 4.78 is 1.28. The molecule has 0 saturated carbocycles. The van der Waals surface area contributed by atoms with E-state index in [0.29, 0.717) is 15.4 Å². The molecule has 13 heavy (non-hydrogen) atoms. The van der Waals surface area contributed by atoms with Crippen LogP contribution >= 0.6 is 22.9 Å². The number of fused-ring (bicyclic) bond motifs is 1. The monoisotopic (exact) mass is 212 g/mol. The molecule has 2 N–H and O–H groups in total. The van der Waals surface area contributed by atoms with Crippen molar-refractivity contribution in [3.05, 3.63) is 28.2 Å². The van der Waals surface area contributed by atoms with E-state index < -0.39 is 5.91 Å². The SMILES string of the molecule is NC(=O)c1c(Cl)sc2cccnc12. The maximum absolute atomic E-state index is 11.0. The second-order valence-electron chi connectivity index (χ2n) is 2.47. The predicted octanol–water partition coefficient (Wildman–Crippen LogP) is 2.05. The summed E-state index contributed by atoms with van der Waals surface area (Å²) in [4.78, 5) is 15.0. The highest BCUT2D eigenvalue weighted by Crippen LogP contribution is 2.32. The third kappa shape index (κ3) is 1.28. The number of primary amides is 1. The van der Waals surface area contributed by atoms with Gasteiger partial charge in [-0.05, 0) is 12.1 Å². The van der Waals surface area contributed by atoms with E-state index in [1.54, 1.807) is 12.3 Å².